The molecule has 19 heteroatoms. The Bertz CT molecular complexity index is 2670. The number of nitrogens with one attached hydrogen (secondary N) is 1. The molecule has 3 aliphatic rings. The van der Waals surface area contributed by atoms with Crippen molar-refractivity contribution in [2.75, 3.05) is 26.4 Å². The van der Waals surface area contributed by atoms with E-state index < -0.39 is 124 Å². The summed E-state index contributed by atoms with van der Waals surface area (Å²) in [6.07, 6.45) is 82.4. The Morgan fingerprint density at radius 1 is 0.319 bits per heavy atom. The molecule has 0 aromatic heterocycles. The maximum Gasteiger partial charge on any atom is 0.220 e. The summed E-state index contributed by atoms with van der Waals surface area (Å²) in [4.78, 5) is 13.5. The molecule has 3 aliphatic heterocycles. The number of ether oxygens (including phenoxy) is 6. The Morgan fingerprint density at radius 3 is 0.914 bits per heavy atom. The zero-order valence-corrected chi connectivity index (χ0v) is 71.9. The second-order valence-electron chi connectivity index (χ2n) is 32.0. The Hall–Kier alpha value is -4.33. The summed E-state index contributed by atoms with van der Waals surface area (Å²) in [5.74, 6) is -0.287. The number of hydrogen-bond donors (Lipinski definition) is 12. The van der Waals surface area contributed by atoms with Gasteiger partial charge in [-0.3, -0.25) is 4.79 Å². The molecule has 0 aromatic carbocycles. The molecule has 116 heavy (non-hydrogen) atoms. The molecule has 3 rings (SSSR count). The van der Waals surface area contributed by atoms with Crippen molar-refractivity contribution in [1.82, 2.24) is 5.32 Å². The van der Waals surface area contributed by atoms with Gasteiger partial charge in [0.15, 0.2) is 18.9 Å². The van der Waals surface area contributed by atoms with Gasteiger partial charge in [-0.1, -0.05) is 365 Å². The van der Waals surface area contributed by atoms with Crippen molar-refractivity contribution in [1.29, 1.82) is 0 Å². The Balaban J connectivity index is 1.35. The predicted octanol–water partition coefficient (Wildman–Crippen LogP) is 18.1. The number of amides is 1. The Morgan fingerprint density at radius 2 is 0.595 bits per heavy atom. The summed E-state index contributed by atoms with van der Waals surface area (Å²) in [6.45, 7) is 1.68. The van der Waals surface area contributed by atoms with Gasteiger partial charge in [0.05, 0.1) is 38.6 Å². The van der Waals surface area contributed by atoms with E-state index in [4.69, 9.17) is 28.4 Å². The Labute approximate surface area is 702 Å². The molecule has 12 N–H and O–H groups in total. The van der Waals surface area contributed by atoms with Crippen molar-refractivity contribution in [3.8, 4) is 0 Å². The zero-order valence-electron chi connectivity index (χ0n) is 71.9. The van der Waals surface area contributed by atoms with E-state index in [-0.39, 0.29) is 18.9 Å². The van der Waals surface area contributed by atoms with Gasteiger partial charge < -0.3 is 89.9 Å². The van der Waals surface area contributed by atoms with E-state index in [1.165, 1.54) is 180 Å². The molecule has 17 unspecified atom stereocenters. The summed E-state index contributed by atoms with van der Waals surface area (Å²) in [5.41, 5.74) is 0. The first kappa shape index (κ1) is 106. The second kappa shape index (κ2) is 74.5. The lowest BCUT2D eigenvalue weighted by Gasteiger charge is -2.48. The molecule has 3 heterocycles. The first-order valence-corrected chi connectivity index (χ1v) is 46.1. The predicted molar refractivity (Wildman–Crippen MR) is 470 cm³/mol. The maximum atomic E-state index is 13.5. The fraction of sp³-hybridized carbons (Fsp3) is 0.742. The standard InChI is InChI=1S/C97H165NO18/c1-3-5-7-9-11-13-15-17-19-21-23-25-27-29-31-33-35-37-38-39-40-41-42-43-45-47-49-51-53-55-57-59-61-63-65-67-69-71-73-75-85(103)98-80(81(102)74-72-70-68-66-64-62-60-58-56-54-52-50-48-46-44-36-34-32-30-28-26-24-22-20-18-16-14-12-10-8-6-4-2)79-111-95-91(109)88(106)93(83(77-100)113-95)116-97-92(110)89(107)94(84(78-101)114-97)115-96-90(108)87(105)86(104)82(76-99)112-96/h5,7,11,13,17,19,23,25,29,31,35,37,39-40,42-43,47,49,53,55,59,61,65,67,80-84,86-97,99-102,104-110H,3-4,6,8-10,12,14-16,18,20-22,24,26-28,30,32-34,36,38,41,44-46,48,50-52,54,56-58,60,62-64,66,68-79H2,1-2H3,(H,98,103)/b7-5-,13-11-,19-17-,25-23-,31-29-,37-35-,40-39-,43-42-,49-47-,55-53-,61-59-,67-65-. The van der Waals surface area contributed by atoms with Crippen LogP contribution in [0.15, 0.2) is 146 Å². The van der Waals surface area contributed by atoms with Crippen LogP contribution in [0.2, 0.25) is 0 Å². The van der Waals surface area contributed by atoms with Crippen LogP contribution in [-0.4, -0.2) is 193 Å². The van der Waals surface area contributed by atoms with Crippen molar-refractivity contribution in [3.05, 3.63) is 146 Å². The number of aliphatic hydroxyl groups excluding tert-OH is 11. The molecular weight excluding hydrogens is 1470 g/mol. The SMILES string of the molecule is CC/C=C\C/C=C\C/C=C\C/C=C\C/C=C\C/C=C\C/C=C\C/C=C\C/C=C\C/C=C\C/C=C\C/C=C\CCCCC(=O)NC(COC1OC(CO)C(OC2OC(CO)C(OC3OC(CO)C(O)C(O)C3O)C(O)C2O)C(O)C1O)C(O)CCCCCCCCCCCCCCCCCCCCCCCCCCCCCCCCCC. The molecule has 1 amide bonds. The molecule has 0 aliphatic carbocycles. The summed E-state index contributed by atoms with van der Waals surface area (Å²) < 4.78 is 34.6. The van der Waals surface area contributed by atoms with E-state index in [1.807, 2.05) is 0 Å². The van der Waals surface area contributed by atoms with Gasteiger partial charge in [0.2, 0.25) is 5.91 Å². The van der Waals surface area contributed by atoms with Crippen LogP contribution in [0, 0.1) is 0 Å². The highest BCUT2D eigenvalue weighted by Crippen LogP contribution is 2.34. The first-order chi connectivity index (χ1) is 56.8. The van der Waals surface area contributed by atoms with Crippen LogP contribution in [0.5, 0.6) is 0 Å². The normalized spacial score (nSPS) is 25.2. The summed E-state index contributed by atoms with van der Waals surface area (Å²) in [5, 5.41) is 121. The number of rotatable bonds is 73. The smallest absolute Gasteiger partial charge is 0.220 e. The van der Waals surface area contributed by atoms with Gasteiger partial charge in [0, 0.05) is 6.42 Å². The highest BCUT2D eigenvalue weighted by molar-refractivity contribution is 5.76. The molecule has 0 spiro atoms. The first-order valence-electron chi connectivity index (χ1n) is 46.1. The highest BCUT2D eigenvalue weighted by atomic mass is 16.8. The molecule has 0 aromatic rings. The summed E-state index contributed by atoms with van der Waals surface area (Å²) >= 11 is 0. The van der Waals surface area contributed by atoms with Crippen LogP contribution < -0.4 is 5.32 Å². The summed E-state index contributed by atoms with van der Waals surface area (Å²) in [6, 6.07) is -0.925. The molecule has 17 atom stereocenters. The Kier molecular flexibility index (Phi) is 68.0. The van der Waals surface area contributed by atoms with Crippen molar-refractivity contribution in [3.63, 3.8) is 0 Å². The number of aliphatic hydroxyl groups is 11. The van der Waals surface area contributed by atoms with Crippen LogP contribution in [0.4, 0.5) is 0 Å². The molecular formula is C97H165NO18. The topological polar surface area (TPSA) is 307 Å². The van der Waals surface area contributed by atoms with E-state index in [0.717, 1.165) is 109 Å². The minimum absolute atomic E-state index is 0.202. The van der Waals surface area contributed by atoms with Gasteiger partial charge in [0.1, 0.15) is 73.2 Å². The molecule has 19 nitrogen and oxygen atoms in total. The van der Waals surface area contributed by atoms with E-state index in [2.05, 4.69) is 165 Å². The van der Waals surface area contributed by atoms with E-state index in [0.29, 0.717) is 19.3 Å². The third-order valence-corrected chi connectivity index (χ3v) is 21.9. The average molecular weight is 1630 g/mol. The lowest BCUT2D eigenvalue weighted by Crippen LogP contribution is -2.66. The van der Waals surface area contributed by atoms with Gasteiger partial charge in [0.25, 0.3) is 0 Å². The quantitative estimate of drug-likeness (QED) is 0.0199. The minimum Gasteiger partial charge on any atom is -0.394 e. The number of unbranched alkanes of at least 4 members (excludes halogenated alkanes) is 33. The monoisotopic (exact) mass is 1630 g/mol. The largest absolute Gasteiger partial charge is 0.394 e. The van der Waals surface area contributed by atoms with Crippen LogP contribution in [-0.2, 0) is 33.2 Å². The number of carbonyl (C=O) groups excluding carboxylic acids is 1. The van der Waals surface area contributed by atoms with E-state index in [1.54, 1.807) is 0 Å². The van der Waals surface area contributed by atoms with Crippen molar-refractivity contribution < 1.29 is 89.4 Å². The van der Waals surface area contributed by atoms with Crippen LogP contribution in [0.1, 0.15) is 328 Å². The fourth-order valence-corrected chi connectivity index (χ4v) is 14.7. The molecule has 666 valence electrons. The third-order valence-electron chi connectivity index (χ3n) is 21.9. The number of hydrogen-bond acceptors (Lipinski definition) is 18. The van der Waals surface area contributed by atoms with Gasteiger partial charge in [-0.25, -0.2) is 0 Å². The van der Waals surface area contributed by atoms with Crippen LogP contribution >= 0.6 is 0 Å². The van der Waals surface area contributed by atoms with Gasteiger partial charge in [-0.05, 0) is 103 Å². The fourth-order valence-electron chi connectivity index (χ4n) is 14.7. The average Bonchev–Trinajstić information content (AvgIpc) is 0.779. The van der Waals surface area contributed by atoms with Crippen LogP contribution in [0.25, 0.3) is 0 Å². The zero-order chi connectivity index (χ0) is 83.8. The van der Waals surface area contributed by atoms with E-state index >= 15 is 0 Å². The number of allylic oxidation sites excluding steroid dienone is 24. The minimum atomic E-state index is -1.99. The molecule has 0 saturated carbocycles. The molecule has 3 saturated heterocycles. The maximum absolute atomic E-state index is 13.5. The van der Waals surface area contributed by atoms with Crippen molar-refractivity contribution >= 4 is 5.91 Å². The van der Waals surface area contributed by atoms with Gasteiger partial charge >= 0.3 is 0 Å². The molecule has 0 bridgehead atoms. The molecule has 0 radical (unpaired) electrons. The highest BCUT2D eigenvalue weighted by Gasteiger charge is 2.54. The molecule has 3 fully saturated rings. The van der Waals surface area contributed by atoms with Gasteiger partial charge in [-0.15, -0.1) is 0 Å². The lowest BCUT2D eigenvalue weighted by molar-refractivity contribution is -0.379. The second-order valence-corrected chi connectivity index (χ2v) is 32.0. The van der Waals surface area contributed by atoms with Crippen molar-refractivity contribution in [2.45, 2.75) is 433 Å². The summed E-state index contributed by atoms with van der Waals surface area (Å²) in [7, 11) is 0. The van der Waals surface area contributed by atoms with E-state index in [9.17, 15) is 61.0 Å². The number of carbonyl (C=O) groups is 1. The van der Waals surface area contributed by atoms with Crippen molar-refractivity contribution in [2.24, 2.45) is 0 Å². The lowest BCUT2D eigenvalue weighted by atomic mass is 9.96. The van der Waals surface area contributed by atoms with Crippen LogP contribution in [0.3, 0.4) is 0 Å². The van der Waals surface area contributed by atoms with Gasteiger partial charge in [-0.2, -0.15) is 0 Å². The third kappa shape index (κ3) is 52.1.